The molecule has 0 radical (unpaired) electrons. The molecule has 1 rings (SSSR count). The Morgan fingerprint density at radius 3 is 1.24 bits per heavy atom. The van der Waals surface area contributed by atoms with Gasteiger partial charge in [0.25, 0.3) is 5.91 Å². The Hall–Kier alpha value is -1.19. The molecule has 2 amide bonds. The fourth-order valence-electron chi connectivity index (χ4n) is 6.16. The normalized spacial score (nSPS) is 15.2. The molecule has 0 aromatic carbocycles. The molecule has 4 heteroatoms. The zero-order chi connectivity index (χ0) is 29.8. The molecule has 240 valence electrons. The van der Waals surface area contributed by atoms with Gasteiger partial charge in [-0.25, -0.2) is 4.90 Å². The van der Waals surface area contributed by atoms with Crippen LogP contribution in [0.15, 0.2) is 4.99 Å². The molecule has 0 fully saturated rings. The van der Waals surface area contributed by atoms with Gasteiger partial charge in [-0.2, -0.15) is 0 Å². The average molecular weight is 575 g/mol. The molecule has 0 spiro atoms. The van der Waals surface area contributed by atoms with Crippen molar-refractivity contribution in [1.82, 2.24) is 4.90 Å². The third kappa shape index (κ3) is 19.6. The summed E-state index contributed by atoms with van der Waals surface area (Å²) in [6.07, 6.45) is 37.5. The molecule has 0 saturated heterocycles. The smallest absolute Gasteiger partial charge is 0.259 e. The maximum Gasteiger partial charge on any atom is 0.259 e. The van der Waals surface area contributed by atoms with E-state index in [0.29, 0.717) is 12.8 Å². The van der Waals surface area contributed by atoms with E-state index in [1.807, 2.05) is 6.92 Å². The molecule has 0 aromatic rings. The van der Waals surface area contributed by atoms with Crippen LogP contribution in [0, 0.1) is 0 Å². The number of amides is 2. The van der Waals surface area contributed by atoms with E-state index >= 15 is 0 Å². The number of hydrogen-bond donors (Lipinski definition) is 0. The number of imide groups is 1. The highest BCUT2D eigenvalue weighted by molar-refractivity contribution is 6.17. The summed E-state index contributed by atoms with van der Waals surface area (Å²) in [4.78, 5) is 32.0. The zero-order valence-corrected chi connectivity index (χ0v) is 28.0. The monoisotopic (exact) mass is 575 g/mol. The van der Waals surface area contributed by atoms with E-state index in [9.17, 15) is 9.59 Å². The topological polar surface area (TPSA) is 49.7 Å². The van der Waals surface area contributed by atoms with Gasteiger partial charge < -0.3 is 0 Å². The molecule has 1 heterocycles. The number of aliphatic imine (C=N–C) groups is 1. The molecule has 0 bridgehead atoms. The van der Waals surface area contributed by atoms with Crippen LogP contribution in [0.1, 0.15) is 213 Å². The van der Waals surface area contributed by atoms with Gasteiger partial charge in [-0.1, -0.05) is 181 Å². The van der Waals surface area contributed by atoms with Crippen LogP contribution in [0.3, 0.4) is 0 Å². The van der Waals surface area contributed by atoms with Crippen molar-refractivity contribution in [3.8, 4) is 0 Å². The molecular weight excluding hydrogens is 504 g/mol. The summed E-state index contributed by atoms with van der Waals surface area (Å²) in [5.41, 5.74) is 0. The van der Waals surface area contributed by atoms with Crippen molar-refractivity contribution in [3.63, 3.8) is 0 Å². The van der Waals surface area contributed by atoms with E-state index in [0.717, 1.165) is 31.5 Å². The van der Waals surface area contributed by atoms with E-state index < -0.39 is 0 Å². The Kier molecular flexibility index (Phi) is 25.5. The minimum absolute atomic E-state index is 0.0154. The van der Waals surface area contributed by atoms with Crippen LogP contribution < -0.4 is 0 Å². The SMILES string of the molecule is CCCCCCCCCCCCCCCCCC(=O)N1C(=O)C(CC)N=C1CCCCCCCCCCCCCC. The van der Waals surface area contributed by atoms with E-state index in [-0.39, 0.29) is 17.9 Å². The summed E-state index contributed by atoms with van der Waals surface area (Å²) in [5, 5.41) is 0. The lowest BCUT2D eigenvalue weighted by Crippen LogP contribution is -2.40. The molecule has 1 aliphatic rings. The Labute approximate surface area is 256 Å². The van der Waals surface area contributed by atoms with Gasteiger partial charge in [-0.15, -0.1) is 0 Å². The molecule has 1 unspecified atom stereocenters. The van der Waals surface area contributed by atoms with Crippen LogP contribution in [0.2, 0.25) is 0 Å². The summed E-state index contributed by atoms with van der Waals surface area (Å²) in [6.45, 7) is 6.55. The van der Waals surface area contributed by atoms with Gasteiger partial charge in [-0.3, -0.25) is 14.6 Å². The molecular formula is C37H70N2O2. The van der Waals surface area contributed by atoms with Crippen molar-refractivity contribution < 1.29 is 9.59 Å². The van der Waals surface area contributed by atoms with Crippen LogP contribution in [0.5, 0.6) is 0 Å². The third-order valence-corrected chi connectivity index (χ3v) is 8.95. The second kappa shape index (κ2) is 27.6. The zero-order valence-electron chi connectivity index (χ0n) is 28.0. The highest BCUT2D eigenvalue weighted by Crippen LogP contribution is 2.21. The minimum atomic E-state index is -0.340. The highest BCUT2D eigenvalue weighted by atomic mass is 16.2. The van der Waals surface area contributed by atoms with Crippen LogP contribution in [0.25, 0.3) is 0 Å². The molecule has 0 aliphatic carbocycles. The third-order valence-electron chi connectivity index (χ3n) is 8.95. The Morgan fingerprint density at radius 2 is 0.878 bits per heavy atom. The first kappa shape index (κ1) is 37.8. The lowest BCUT2D eigenvalue weighted by atomic mass is 10.0. The number of unbranched alkanes of at least 4 members (excludes halogenated alkanes) is 25. The van der Waals surface area contributed by atoms with Crippen molar-refractivity contribution in [2.75, 3.05) is 0 Å². The first-order valence-corrected chi connectivity index (χ1v) is 18.6. The maximum absolute atomic E-state index is 13.0. The molecule has 1 atom stereocenters. The molecule has 1 aliphatic heterocycles. The summed E-state index contributed by atoms with van der Waals surface area (Å²) < 4.78 is 0. The highest BCUT2D eigenvalue weighted by Gasteiger charge is 2.36. The predicted molar refractivity (Wildman–Crippen MR) is 179 cm³/mol. The fraction of sp³-hybridized carbons (Fsp3) is 0.919. The summed E-state index contributed by atoms with van der Waals surface area (Å²) in [6, 6.07) is -0.340. The largest absolute Gasteiger partial charge is 0.274 e. The minimum Gasteiger partial charge on any atom is -0.274 e. The fourth-order valence-corrected chi connectivity index (χ4v) is 6.16. The van der Waals surface area contributed by atoms with Crippen LogP contribution >= 0.6 is 0 Å². The van der Waals surface area contributed by atoms with Crippen LogP contribution in [0.4, 0.5) is 0 Å². The molecule has 0 aromatic heterocycles. The lowest BCUT2D eigenvalue weighted by molar-refractivity contribution is -0.139. The van der Waals surface area contributed by atoms with Gasteiger partial charge in [0.15, 0.2) is 0 Å². The number of amidine groups is 1. The number of nitrogens with zero attached hydrogens (tertiary/aromatic N) is 2. The second-order valence-corrected chi connectivity index (χ2v) is 12.9. The van der Waals surface area contributed by atoms with Crippen molar-refractivity contribution in [2.24, 2.45) is 4.99 Å². The first-order chi connectivity index (χ1) is 20.2. The molecule has 41 heavy (non-hydrogen) atoms. The van der Waals surface area contributed by atoms with Gasteiger partial charge >= 0.3 is 0 Å². The quantitative estimate of drug-likeness (QED) is 0.0801. The molecule has 0 N–H and O–H groups in total. The van der Waals surface area contributed by atoms with E-state index in [4.69, 9.17) is 0 Å². The lowest BCUT2D eigenvalue weighted by Gasteiger charge is -2.17. The van der Waals surface area contributed by atoms with Crippen molar-refractivity contribution in [3.05, 3.63) is 0 Å². The molecule has 0 saturated carbocycles. The van der Waals surface area contributed by atoms with Gasteiger partial charge in [0.2, 0.25) is 5.91 Å². The Morgan fingerprint density at radius 1 is 0.537 bits per heavy atom. The maximum atomic E-state index is 13.0. The summed E-state index contributed by atoms with van der Waals surface area (Å²) >= 11 is 0. The predicted octanol–water partition coefficient (Wildman–Crippen LogP) is 11.9. The van der Waals surface area contributed by atoms with Gasteiger partial charge in [-0.05, 0) is 19.3 Å². The number of carbonyl (C=O) groups is 2. The number of hydrogen-bond acceptors (Lipinski definition) is 3. The van der Waals surface area contributed by atoms with Gasteiger partial charge in [0.1, 0.15) is 11.9 Å². The van der Waals surface area contributed by atoms with Crippen LogP contribution in [-0.2, 0) is 9.59 Å². The first-order valence-electron chi connectivity index (χ1n) is 18.6. The Bertz CT molecular complexity index is 659. The molecule has 4 nitrogen and oxygen atoms in total. The van der Waals surface area contributed by atoms with E-state index in [1.165, 1.54) is 159 Å². The van der Waals surface area contributed by atoms with Crippen molar-refractivity contribution in [2.45, 2.75) is 219 Å². The van der Waals surface area contributed by atoms with Crippen molar-refractivity contribution >= 4 is 17.6 Å². The summed E-state index contributed by atoms with van der Waals surface area (Å²) in [5.74, 6) is 0.658. The standard InChI is InChI=1S/C37H70N2O2/c1-4-7-9-11-13-15-17-19-20-21-23-25-27-29-31-33-36(40)39-35(38-34(6-3)37(39)41)32-30-28-26-24-22-18-16-14-12-10-8-5-2/h34H,4-33H2,1-3H3. The Balaban J connectivity index is 2.08. The summed E-state index contributed by atoms with van der Waals surface area (Å²) in [7, 11) is 0. The van der Waals surface area contributed by atoms with E-state index in [2.05, 4.69) is 18.8 Å². The van der Waals surface area contributed by atoms with Gasteiger partial charge in [0.05, 0.1) is 0 Å². The van der Waals surface area contributed by atoms with Crippen LogP contribution in [-0.4, -0.2) is 28.6 Å². The number of carbonyl (C=O) groups excluding carboxylic acids is 2. The van der Waals surface area contributed by atoms with Gasteiger partial charge in [0, 0.05) is 12.8 Å². The second-order valence-electron chi connectivity index (χ2n) is 12.9. The van der Waals surface area contributed by atoms with Crippen molar-refractivity contribution in [1.29, 1.82) is 0 Å². The number of rotatable bonds is 30. The van der Waals surface area contributed by atoms with E-state index in [1.54, 1.807) is 0 Å². The average Bonchev–Trinajstić information content (AvgIpc) is 3.30.